The Bertz CT molecular complexity index is 817. The lowest BCUT2D eigenvalue weighted by atomic mass is 10.1. The lowest BCUT2D eigenvalue weighted by Crippen LogP contribution is -2.20. The molecule has 1 amide bonds. The fourth-order valence-electron chi connectivity index (χ4n) is 2.53. The fourth-order valence-corrected chi connectivity index (χ4v) is 2.53. The summed E-state index contributed by atoms with van der Waals surface area (Å²) in [6.07, 6.45) is 4.13. The van der Waals surface area contributed by atoms with Crippen LogP contribution in [0.1, 0.15) is 24.5 Å². The van der Waals surface area contributed by atoms with E-state index in [-0.39, 0.29) is 5.91 Å². The van der Waals surface area contributed by atoms with Gasteiger partial charge in [-0.25, -0.2) is 0 Å². The average molecular weight is 385 g/mol. The van der Waals surface area contributed by atoms with Gasteiger partial charge >= 0.3 is 0 Å². The van der Waals surface area contributed by atoms with Crippen molar-refractivity contribution in [2.45, 2.75) is 19.9 Å². The van der Waals surface area contributed by atoms with Crippen LogP contribution in [0, 0.1) is 0 Å². The largest absolute Gasteiger partial charge is 0.493 e. The zero-order valence-electron chi connectivity index (χ0n) is 16.8. The van der Waals surface area contributed by atoms with Gasteiger partial charge in [0.05, 0.1) is 27.9 Å². The predicted molar refractivity (Wildman–Crippen MR) is 109 cm³/mol. The van der Waals surface area contributed by atoms with Crippen molar-refractivity contribution in [1.82, 2.24) is 5.32 Å². The maximum atomic E-state index is 12.1. The molecule has 0 unspecified atom stereocenters. The second-order valence-electron chi connectivity index (χ2n) is 6.00. The van der Waals surface area contributed by atoms with Crippen molar-refractivity contribution in [2.24, 2.45) is 0 Å². The Morgan fingerprint density at radius 2 is 1.61 bits per heavy atom. The van der Waals surface area contributed by atoms with Crippen molar-refractivity contribution in [3.8, 4) is 23.0 Å². The molecule has 0 bridgehead atoms. The molecule has 150 valence electrons. The van der Waals surface area contributed by atoms with Crippen molar-refractivity contribution >= 4 is 12.0 Å². The van der Waals surface area contributed by atoms with Gasteiger partial charge in [-0.2, -0.15) is 0 Å². The topological polar surface area (TPSA) is 66.0 Å². The van der Waals surface area contributed by atoms with Crippen LogP contribution in [0.4, 0.5) is 0 Å². The van der Waals surface area contributed by atoms with Crippen LogP contribution in [0.15, 0.2) is 42.5 Å². The summed E-state index contributed by atoms with van der Waals surface area (Å²) in [6.45, 7) is 3.07. The van der Waals surface area contributed by atoms with Gasteiger partial charge in [0.25, 0.3) is 0 Å². The Hall–Kier alpha value is -3.15. The highest BCUT2D eigenvalue weighted by molar-refractivity contribution is 5.91. The van der Waals surface area contributed by atoms with E-state index in [0.29, 0.717) is 36.1 Å². The molecule has 6 heteroatoms. The first-order valence-corrected chi connectivity index (χ1v) is 9.09. The van der Waals surface area contributed by atoms with Crippen LogP contribution in [0.2, 0.25) is 0 Å². The molecule has 0 radical (unpaired) electrons. The standard InChI is InChI=1S/C22H27NO5/c1-5-12-28-19-10-7-17(14-21(19)27-4)15-23-22(24)11-8-16-6-9-18(25-2)20(13-16)26-3/h6-11,13-14H,5,12,15H2,1-4H3,(H,23,24)/b11-8+. The number of rotatable bonds is 10. The van der Waals surface area contributed by atoms with Gasteiger partial charge in [0, 0.05) is 12.6 Å². The van der Waals surface area contributed by atoms with E-state index in [1.54, 1.807) is 33.5 Å². The second kappa shape index (κ2) is 10.9. The Kier molecular flexibility index (Phi) is 8.21. The molecule has 0 spiro atoms. The SMILES string of the molecule is CCCOc1ccc(CNC(=O)/C=C/c2ccc(OC)c(OC)c2)cc1OC. The summed E-state index contributed by atoms with van der Waals surface area (Å²) in [5, 5.41) is 2.86. The predicted octanol–water partition coefficient (Wildman–Crippen LogP) is 3.83. The summed E-state index contributed by atoms with van der Waals surface area (Å²) >= 11 is 0. The average Bonchev–Trinajstić information content (AvgIpc) is 2.74. The number of ether oxygens (including phenoxy) is 4. The minimum Gasteiger partial charge on any atom is -0.493 e. The molecular formula is C22H27NO5. The Balaban J connectivity index is 1.95. The van der Waals surface area contributed by atoms with Crippen molar-refractivity contribution in [1.29, 1.82) is 0 Å². The van der Waals surface area contributed by atoms with E-state index in [0.717, 1.165) is 17.5 Å². The first-order valence-electron chi connectivity index (χ1n) is 9.09. The molecule has 0 atom stereocenters. The van der Waals surface area contributed by atoms with Gasteiger partial charge < -0.3 is 24.3 Å². The first kappa shape index (κ1) is 21.2. The molecule has 28 heavy (non-hydrogen) atoms. The molecule has 2 aromatic rings. The Morgan fingerprint density at radius 1 is 0.929 bits per heavy atom. The van der Waals surface area contributed by atoms with E-state index in [9.17, 15) is 4.79 Å². The van der Waals surface area contributed by atoms with Crippen LogP contribution in [-0.2, 0) is 11.3 Å². The fraction of sp³-hybridized carbons (Fsp3) is 0.318. The highest BCUT2D eigenvalue weighted by atomic mass is 16.5. The molecule has 0 heterocycles. The molecule has 0 aliphatic rings. The minimum atomic E-state index is -0.194. The molecule has 0 aliphatic carbocycles. The number of carbonyl (C=O) groups is 1. The van der Waals surface area contributed by atoms with Crippen molar-refractivity contribution in [3.63, 3.8) is 0 Å². The van der Waals surface area contributed by atoms with Gasteiger partial charge in [0.2, 0.25) is 5.91 Å². The smallest absolute Gasteiger partial charge is 0.244 e. The maximum Gasteiger partial charge on any atom is 0.244 e. The molecule has 0 saturated carbocycles. The van der Waals surface area contributed by atoms with Crippen LogP contribution in [0.3, 0.4) is 0 Å². The normalized spacial score (nSPS) is 10.6. The number of carbonyl (C=O) groups excluding carboxylic acids is 1. The minimum absolute atomic E-state index is 0.194. The van der Waals surface area contributed by atoms with Crippen LogP contribution in [0.25, 0.3) is 6.08 Å². The third-order valence-corrected chi connectivity index (χ3v) is 3.99. The molecule has 1 N–H and O–H groups in total. The van der Waals surface area contributed by atoms with Gasteiger partial charge in [0.15, 0.2) is 23.0 Å². The van der Waals surface area contributed by atoms with Crippen LogP contribution in [0.5, 0.6) is 23.0 Å². The molecule has 2 aromatic carbocycles. The summed E-state index contributed by atoms with van der Waals surface area (Å²) < 4.78 is 21.5. The quantitative estimate of drug-likeness (QED) is 0.630. The number of nitrogens with one attached hydrogen (secondary N) is 1. The highest BCUT2D eigenvalue weighted by Gasteiger charge is 2.07. The van der Waals surface area contributed by atoms with Crippen LogP contribution < -0.4 is 24.3 Å². The van der Waals surface area contributed by atoms with Gasteiger partial charge in [-0.05, 0) is 47.9 Å². The number of amides is 1. The first-order chi connectivity index (χ1) is 13.6. The van der Waals surface area contributed by atoms with Crippen molar-refractivity contribution in [2.75, 3.05) is 27.9 Å². The van der Waals surface area contributed by atoms with Gasteiger partial charge in [0.1, 0.15) is 0 Å². The Labute approximate surface area is 166 Å². The van der Waals surface area contributed by atoms with E-state index in [1.807, 2.05) is 37.3 Å². The van der Waals surface area contributed by atoms with E-state index in [1.165, 1.54) is 6.08 Å². The number of hydrogen-bond donors (Lipinski definition) is 1. The maximum absolute atomic E-state index is 12.1. The number of benzene rings is 2. The van der Waals surface area contributed by atoms with Gasteiger partial charge in [-0.15, -0.1) is 0 Å². The molecule has 2 rings (SSSR count). The molecule has 0 fully saturated rings. The summed E-state index contributed by atoms with van der Waals surface area (Å²) in [5.74, 6) is 2.42. The molecule has 0 aliphatic heterocycles. The van der Waals surface area contributed by atoms with E-state index in [4.69, 9.17) is 18.9 Å². The zero-order chi connectivity index (χ0) is 20.4. The van der Waals surface area contributed by atoms with Gasteiger partial charge in [-0.3, -0.25) is 4.79 Å². The van der Waals surface area contributed by atoms with E-state index >= 15 is 0 Å². The van der Waals surface area contributed by atoms with Gasteiger partial charge in [-0.1, -0.05) is 19.1 Å². The lowest BCUT2D eigenvalue weighted by Gasteiger charge is -2.12. The molecule has 0 aromatic heterocycles. The Morgan fingerprint density at radius 3 is 2.29 bits per heavy atom. The van der Waals surface area contributed by atoms with Crippen LogP contribution in [-0.4, -0.2) is 33.8 Å². The summed E-state index contributed by atoms with van der Waals surface area (Å²) in [7, 11) is 4.76. The van der Waals surface area contributed by atoms with Crippen molar-refractivity contribution in [3.05, 3.63) is 53.6 Å². The van der Waals surface area contributed by atoms with E-state index in [2.05, 4.69) is 5.32 Å². The molecular weight excluding hydrogens is 358 g/mol. The number of hydrogen-bond acceptors (Lipinski definition) is 5. The zero-order valence-corrected chi connectivity index (χ0v) is 16.8. The summed E-state index contributed by atoms with van der Waals surface area (Å²) in [5.41, 5.74) is 1.76. The monoisotopic (exact) mass is 385 g/mol. The summed E-state index contributed by atoms with van der Waals surface area (Å²) in [6, 6.07) is 11.1. The third kappa shape index (κ3) is 5.94. The van der Waals surface area contributed by atoms with Crippen molar-refractivity contribution < 1.29 is 23.7 Å². The summed E-state index contributed by atoms with van der Waals surface area (Å²) in [4.78, 5) is 12.1. The number of methoxy groups -OCH3 is 3. The second-order valence-corrected chi connectivity index (χ2v) is 6.00. The molecule has 0 saturated heterocycles. The highest BCUT2D eigenvalue weighted by Crippen LogP contribution is 2.29. The lowest BCUT2D eigenvalue weighted by molar-refractivity contribution is -0.116. The van der Waals surface area contributed by atoms with E-state index < -0.39 is 0 Å². The third-order valence-electron chi connectivity index (χ3n) is 3.99. The van der Waals surface area contributed by atoms with Crippen LogP contribution >= 0.6 is 0 Å². The molecule has 6 nitrogen and oxygen atoms in total.